The van der Waals surface area contributed by atoms with E-state index in [-0.39, 0.29) is 0 Å². The maximum Gasteiger partial charge on any atom is 0.208 e. The Balaban J connectivity index is 1.75. The Morgan fingerprint density at radius 1 is 1.17 bits per heavy atom. The predicted molar refractivity (Wildman–Crippen MR) is 94.9 cm³/mol. The molecule has 6 nitrogen and oxygen atoms in total. The van der Waals surface area contributed by atoms with Crippen molar-refractivity contribution in [2.45, 2.75) is 11.8 Å². The molecule has 0 saturated heterocycles. The van der Waals surface area contributed by atoms with Crippen molar-refractivity contribution in [2.24, 2.45) is 0 Å². The molecule has 0 saturated carbocycles. The molecule has 0 spiro atoms. The molecule has 0 radical (unpaired) electrons. The van der Waals surface area contributed by atoms with Crippen LogP contribution in [-0.2, 0) is 0 Å². The maximum atomic E-state index is 4.48. The number of pyridine rings is 2. The maximum absolute atomic E-state index is 4.48. The molecular formula is C15H16N6S2. The summed E-state index contributed by atoms with van der Waals surface area (Å²) in [6.45, 7) is 2.00. The van der Waals surface area contributed by atoms with Gasteiger partial charge in [-0.2, -0.15) is 9.36 Å². The summed E-state index contributed by atoms with van der Waals surface area (Å²) in [5, 5.41) is 3.90. The van der Waals surface area contributed by atoms with Gasteiger partial charge < -0.3 is 5.32 Å². The SMILES string of the molecule is Cc1cccnc1Nc1nc(-c2ccc(SN(C)C)cn2)ns1. The van der Waals surface area contributed by atoms with Crippen LogP contribution in [0.25, 0.3) is 11.5 Å². The number of hydrogen-bond donors (Lipinski definition) is 1. The van der Waals surface area contributed by atoms with E-state index in [0.29, 0.717) is 11.0 Å². The van der Waals surface area contributed by atoms with Crippen molar-refractivity contribution in [1.29, 1.82) is 0 Å². The lowest BCUT2D eigenvalue weighted by Gasteiger charge is -2.07. The molecule has 8 heteroatoms. The van der Waals surface area contributed by atoms with Crippen LogP contribution in [0.3, 0.4) is 0 Å². The van der Waals surface area contributed by atoms with E-state index < -0.39 is 0 Å². The minimum Gasteiger partial charge on any atom is -0.315 e. The molecule has 3 aromatic heterocycles. The number of aryl methyl sites for hydroxylation is 1. The van der Waals surface area contributed by atoms with Crippen LogP contribution >= 0.6 is 23.5 Å². The van der Waals surface area contributed by atoms with Crippen molar-refractivity contribution >= 4 is 34.4 Å². The lowest BCUT2D eigenvalue weighted by Crippen LogP contribution is -1.99. The van der Waals surface area contributed by atoms with Crippen molar-refractivity contribution in [3.05, 3.63) is 42.2 Å². The van der Waals surface area contributed by atoms with E-state index in [9.17, 15) is 0 Å². The minimum atomic E-state index is 0.618. The van der Waals surface area contributed by atoms with E-state index in [1.807, 2.05) is 55.8 Å². The zero-order chi connectivity index (χ0) is 16.2. The van der Waals surface area contributed by atoms with Crippen molar-refractivity contribution < 1.29 is 0 Å². The van der Waals surface area contributed by atoms with Gasteiger partial charge in [-0.05, 0) is 56.7 Å². The van der Waals surface area contributed by atoms with Crippen LogP contribution in [0.4, 0.5) is 10.9 Å². The standard InChI is InChI=1S/C15H16N6S2/c1-10-5-4-8-16-13(10)18-15-19-14(20-22-15)12-7-6-11(9-17-12)23-21(2)3/h4-9H,1-3H3,(H,16,18,19,20). The van der Waals surface area contributed by atoms with E-state index in [2.05, 4.69) is 24.6 Å². The third kappa shape index (κ3) is 4.04. The Labute approximate surface area is 143 Å². The van der Waals surface area contributed by atoms with Gasteiger partial charge in [-0.15, -0.1) is 0 Å². The zero-order valence-electron chi connectivity index (χ0n) is 13.0. The van der Waals surface area contributed by atoms with E-state index in [1.165, 1.54) is 11.5 Å². The lowest BCUT2D eigenvalue weighted by molar-refractivity contribution is 0.702. The van der Waals surface area contributed by atoms with Gasteiger partial charge in [0.15, 0.2) is 5.82 Å². The molecule has 0 bridgehead atoms. The summed E-state index contributed by atoms with van der Waals surface area (Å²) in [6, 6.07) is 7.86. The van der Waals surface area contributed by atoms with Gasteiger partial charge in [-0.25, -0.2) is 4.98 Å². The van der Waals surface area contributed by atoms with Crippen LogP contribution in [-0.4, -0.2) is 37.7 Å². The number of nitrogens with one attached hydrogen (secondary N) is 1. The summed E-state index contributed by atoms with van der Waals surface area (Å²) < 4.78 is 6.39. The molecule has 1 N–H and O–H groups in total. The highest BCUT2D eigenvalue weighted by Crippen LogP contribution is 2.25. The van der Waals surface area contributed by atoms with Crippen molar-refractivity contribution in [1.82, 2.24) is 23.6 Å². The highest BCUT2D eigenvalue weighted by molar-refractivity contribution is 7.97. The van der Waals surface area contributed by atoms with Crippen molar-refractivity contribution in [3.63, 3.8) is 0 Å². The third-order valence-corrected chi connectivity index (χ3v) is 4.36. The van der Waals surface area contributed by atoms with Gasteiger partial charge >= 0.3 is 0 Å². The Kier molecular flexibility index (Phi) is 4.85. The first-order chi connectivity index (χ1) is 11.1. The molecule has 0 aliphatic rings. The first kappa shape index (κ1) is 15.9. The quantitative estimate of drug-likeness (QED) is 0.709. The fourth-order valence-electron chi connectivity index (χ4n) is 1.87. The highest BCUT2D eigenvalue weighted by atomic mass is 32.2. The van der Waals surface area contributed by atoms with E-state index >= 15 is 0 Å². The van der Waals surface area contributed by atoms with E-state index in [4.69, 9.17) is 0 Å². The minimum absolute atomic E-state index is 0.618. The molecule has 0 aliphatic carbocycles. The van der Waals surface area contributed by atoms with Gasteiger partial charge in [0.05, 0.1) is 0 Å². The largest absolute Gasteiger partial charge is 0.315 e. The van der Waals surface area contributed by atoms with Crippen LogP contribution in [0, 0.1) is 6.92 Å². The molecule has 23 heavy (non-hydrogen) atoms. The number of anilines is 2. The number of hydrogen-bond acceptors (Lipinski definition) is 8. The topological polar surface area (TPSA) is 66.8 Å². The summed E-state index contributed by atoms with van der Waals surface area (Å²) in [4.78, 5) is 14.3. The molecule has 0 aromatic carbocycles. The van der Waals surface area contributed by atoms with Crippen LogP contribution in [0.15, 0.2) is 41.6 Å². The Bertz CT molecular complexity index is 785. The number of nitrogens with zero attached hydrogens (tertiary/aromatic N) is 5. The van der Waals surface area contributed by atoms with Crippen LogP contribution in [0.2, 0.25) is 0 Å². The molecule has 3 heterocycles. The summed E-state index contributed by atoms with van der Waals surface area (Å²) in [7, 11) is 4.00. The molecule has 0 atom stereocenters. The first-order valence-corrected chi connectivity index (χ1v) is 8.50. The van der Waals surface area contributed by atoms with Crippen molar-refractivity contribution in [2.75, 3.05) is 19.4 Å². The second kappa shape index (κ2) is 7.03. The molecule has 0 amide bonds. The van der Waals surface area contributed by atoms with Crippen LogP contribution in [0.5, 0.6) is 0 Å². The van der Waals surface area contributed by atoms with Crippen LogP contribution in [0.1, 0.15) is 5.56 Å². The lowest BCUT2D eigenvalue weighted by atomic mass is 10.3. The summed E-state index contributed by atoms with van der Waals surface area (Å²) in [6.07, 6.45) is 3.58. The Hall–Kier alpha value is -2.03. The fraction of sp³-hybridized carbons (Fsp3) is 0.200. The van der Waals surface area contributed by atoms with Gasteiger partial charge in [0, 0.05) is 28.8 Å². The summed E-state index contributed by atoms with van der Waals surface area (Å²) in [5.41, 5.74) is 1.82. The Morgan fingerprint density at radius 2 is 2.04 bits per heavy atom. The van der Waals surface area contributed by atoms with E-state index in [1.54, 1.807) is 18.1 Å². The van der Waals surface area contributed by atoms with Gasteiger partial charge in [-0.1, -0.05) is 6.07 Å². The fourth-order valence-corrected chi connectivity index (χ4v) is 3.10. The summed E-state index contributed by atoms with van der Waals surface area (Å²) >= 11 is 2.92. The van der Waals surface area contributed by atoms with E-state index in [0.717, 1.165) is 22.0 Å². The van der Waals surface area contributed by atoms with Crippen molar-refractivity contribution in [3.8, 4) is 11.5 Å². The molecule has 118 valence electrons. The molecule has 0 aliphatic heterocycles. The predicted octanol–water partition coefficient (Wildman–Crippen LogP) is 3.62. The third-order valence-electron chi connectivity index (χ3n) is 2.91. The van der Waals surface area contributed by atoms with Gasteiger partial charge in [-0.3, -0.25) is 9.29 Å². The normalized spacial score (nSPS) is 11.0. The Morgan fingerprint density at radius 3 is 2.74 bits per heavy atom. The van der Waals surface area contributed by atoms with Gasteiger partial charge in [0.2, 0.25) is 5.13 Å². The number of rotatable bonds is 5. The molecule has 0 fully saturated rings. The van der Waals surface area contributed by atoms with Gasteiger partial charge in [0.1, 0.15) is 11.5 Å². The van der Waals surface area contributed by atoms with Gasteiger partial charge in [0.25, 0.3) is 0 Å². The second-order valence-corrected chi connectivity index (χ2v) is 7.14. The molecule has 3 aromatic rings. The second-order valence-electron chi connectivity index (χ2n) is 5.00. The number of aromatic nitrogens is 4. The zero-order valence-corrected chi connectivity index (χ0v) is 14.6. The molecule has 0 unspecified atom stereocenters. The van der Waals surface area contributed by atoms with Crippen LogP contribution < -0.4 is 5.32 Å². The monoisotopic (exact) mass is 344 g/mol. The first-order valence-electron chi connectivity index (χ1n) is 6.96. The smallest absolute Gasteiger partial charge is 0.208 e. The average Bonchev–Trinajstić information content (AvgIpc) is 2.98. The summed E-state index contributed by atoms with van der Waals surface area (Å²) in [5.74, 6) is 1.41. The molecule has 3 rings (SSSR count). The average molecular weight is 344 g/mol. The molecular weight excluding hydrogens is 328 g/mol. The highest BCUT2D eigenvalue weighted by Gasteiger charge is 2.09.